The predicted octanol–water partition coefficient (Wildman–Crippen LogP) is 6.08. The molecule has 1 aliphatic carbocycles. The summed E-state index contributed by atoms with van der Waals surface area (Å²) in [4.78, 5) is 0. The Kier molecular flexibility index (Phi) is 3.87. The zero-order chi connectivity index (χ0) is 27.4. The van der Waals surface area contributed by atoms with E-state index in [9.17, 15) is 0 Å². The first-order valence-electron chi connectivity index (χ1n) is 14.1. The van der Waals surface area contributed by atoms with Crippen LogP contribution in [0.1, 0.15) is 36.0 Å². The zero-order valence-corrected chi connectivity index (χ0v) is 23.0. The van der Waals surface area contributed by atoms with Crippen molar-refractivity contribution in [1.29, 1.82) is 0 Å². The van der Waals surface area contributed by atoms with Gasteiger partial charge in [0.05, 0.1) is 0 Å². The van der Waals surface area contributed by atoms with Crippen LogP contribution < -0.4 is 13.4 Å². The van der Waals surface area contributed by atoms with E-state index in [0.29, 0.717) is 11.1 Å². The van der Waals surface area contributed by atoms with Crippen molar-refractivity contribution >= 4 is 22.1 Å². The van der Waals surface area contributed by atoms with Gasteiger partial charge in [-0.1, -0.05) is 0 Å². The van der Waals surface area contributed by atoms with E-state index in [1.54, 1.807) is 13.8 Å². The first-order chi connectivity index (χ1) is 17.7. The fraction of sp³-hybridized carbons (Fsp3) is 0.281. The predicted molar refractivity (Wildman–Crippen MR) is 147 cm³/mol. The summed E-state index contributed by atoms with van der Waals surface area (Å²) in [6, 6.07) is 23.2. The molecule has 0 N–H and O–H groups in total. The Labute approximate surface area is 212 Å². The molecule has 4 aromatic rings. The number of rotatable bonds is 2. The van der Waals surface area contributed by atoms with Gasteiger partial charge in [0.1, 0.15) is 0 Å². The van der Waals surface area contributed by atoms with Gasteiger partial charge in [-0.3, -0.25) is 0 Å². The summed E-state index contributed by atoms with van der Waals surface area (Å²) in [6.07, 6.45) is -1.40. The first-order valence-corrected chi connectivity index (χ1v) is 18.4. The van der Waals surface area contributed by atoms with Crippen LogP contribution in [0.5, 0.6) is 0 Å². The Morgan fingerprint density at radius 3 is 2.35 bits per heavy atom. The van der Waals surface area contributed by atoms with E-state index in [0.717, 1.165) is 11.1 Å². The van der Waals surface area contributed by atoms with Gasteiger partial charge in [0, 0.05) is 0 Å². The molecule has 2 aliphatic rings. The average molecular weight is 509 g/mol. The molecule has 0 spiro atoms. The second-order valence-corrected chi connectivity index (χ2v) is 19.8. The number of hydrogen-bond donors (Lipinski definition) is 0. The molecule has 1 nitrogen and oxygen atoms in total. The average Bonchev–Trinajstić information content (AvgIpc) is 3.16. The molecule has 0 fully saturated rings. The number of nitrogens with zero attached hydrogens (tertiary/aromatic N) is 1. The summed E-state index contributed by atoms with van der Waals surface area (Å²) in [5.41, 5.74) is 8.41. The molecular weight excluding hydrogens is 471 g/mol. The van der Waals surface area contributed by atoms with Crippen molar-refractivity contribution in [3.8, 4) is 33.5 Å². The van der Waals surface area contributed by atoms with Gasteiger partial charge in [-0.25, -0.2) is 0 Å². The van der Waals surface area contributed by atoms with Crippen LogP contribution in [0.4, 0.5) is 0 Å². The van der Waals surface area contributed by atoms with Gasteiger partial charge < -0.3 is 0 Å². The van der Waals surface area contributed by atoms with Crippen LogP contribution in [-0.4, -0.2) is 13.3 Å². The van der Waals surface area contributed by atoms with Gasteiger partial charge in [-0.15, -0.1) is 0 Å². The third kappa shape index (κ3) is 3.16. The van der Waals surface area contributed by atoms with Crippen molar-refractivity contribution in [3.63, 3.8) is 0 Å². The van der Waals surface area contributed by atoms with Crippen LogP contribution in [0.15, 0.2) is 72.9 Å². The van der Waals surface area contributed by atoms with Crippen molar-refractivity contribution < 1.29 is 10.1 Å². The molecule has 0 radical (unpaired) electrons. The fourth-order valence-corrected chi connectivity index (χ4v) is 14.3. The molecule has 0 saturated carbocycles. The van der Waals surface area contributed by atoms with Crippen LogP contribution in [-0.2, 0) is 19.8 Å². The van der Waals surface area contributed by atoms with Crippen LogP contribution >= 0.6 is 0 Å². The van der Waals surface area contributed by atoms with E-state index >= 15 is 0 Å². The maximum absolute atomic E-state index is 8.93. The fourth-order valence-electron chi connectivity index (χ4n) is 6.14. The van der Waals surface area contributed by atoms with Gasteiger partial charge in [-0.2, -0.15) is 0 Å². The Morgan fingerprint density at radius 2 is 1.56 bits per heavy atom. The minimum atomic E-state index is -2.85. The van der Waals surface area contributed by atoms with Crippen molar-refractivity contribution in [1.82, 2.24) is 0 Å². The van der Waals surface area contributed by atoms with Gasteiger partial charge in [-0.05, 0) is 0 Å². The van der Waals surface area contributed by atoms with Crippen LogP contribution in [0.3, 0.4) is 0 Å². The molecule has 0 atom stereocenters. The Hall–Kier alpha value is -2.65. The van der Waals surface area contributed by atoms with E-state index in [4.69, 9.17) is 5.48 Å². The van der Waals surface area contributed by atoms with E-state index in [1.807, 2.05) is 18.2 Å². The number of aryl methyl sites for hydroxylation is 2. The summed E-state index contributed by atoms with van der Waals surface area (Å²) < 4.78 is 40.5. The van der Waals surface area contributed by atoms with Crippen LogP contribution in [0.2, 0.25) is 11.5 Å². The second kappa shape index (κ2) is 7.42. The summed E-state index contributed by atoms with van der Waals surface area (Å²) in [6.45, 7) is 5.62. The topological polar surface area (TPSA) is 3.88 Å². The first kappa shape index (κ1) is 17.7. The number of hydrogen-bond acceptors (Lipinski definition) is 0. The Bertz CT molecular complexity index is 1650. The van der Waals surface area contributed by atoms with Gasteiger partial charge in [0.25, 0.3) is 0 Å². The second-order valence-electron chi connectivity index (χ2n) is 10.9. The van der Waals surface area contributed by atoms with E-state index in [1.165, 1.54) is 36.7 Å². The van der Waals surface area contributed by atoms with Crippen LogP contribution in [0, 0.1) is 12.3 Å². The van der Waals surface area contributed by atoms with Crippen molar-refractivity contribution in [3.05, 3.63) is 89.6 Å². The van der Waals surface area contributed by atoms with Crippen molar-refractivity contribution in [2.45, 2.75) is 45.0 Å². The molecule has 2 heterocycles. The van der Waals surface area contributed by atoms with E-state index in [-0.39, 0.29) is 0 Å². The number of pyridine rings is 1. The molecule has 34 heavy (non-hydrogen) atoms. The molecule has 0 amide bonds. The number of benzene rings is 3. The van der Waals surface area contributed by atoms with E-state index < -0.39 is 31.4 Å². The SMILES string of the molecule is [2H]C1([2H])c2ccc(-c3cccc4[c]3[Ge]([CH3])([CH3])[c]3c-4ccc(C)c3-c3cccc[n+]3C)cc2C([2H])([2H])C1(C)C. The normalized spacial score (nSPS) is 21.5. The molecule has 6 rings (SSSR count). The summed E-state index contributed by atoms with van der Waals surface area (Å²) in [5, 5.41) is 0. The third-order valence-corrected chi connectivity index (χ3v) is 15.0. The monoisotopic (exact) mass is 510 g/mol. The van der Waals surface area contributed by atoms with Crippen LogP contribution in [0.25, 0.3) is 33.5 Å². The molecule has 170 valence electrons. The number of aromatic nitrogens is 1. The summed E-state index contributed by atoms with van der Waals surface area (Å²) >= 11 is -2.85. The standard InChI is InChI=1S/C32H34GeN/c1-21-13-16-27-26-11-9-10-25(22-14-15-23-19-32(2,3)20-24(23)18-22)30(26)33(4,5)31(27)29(21)28-12-7-8-17-34(28)6/h7-18H,19-20H2,1-6H3/q+1/i19D2,20D2. The van der Waals surface area contributed by atoms with Gasteiger partial charge >= 0.3 is 213 Å². The molecule has 0 bridgehead atoms. The molecule has 2 heteroatoms. The molecule has 0 saturated heterocycles. The molecule has 1 aromatic heterocycles. The Morgan fingerprint density at radius 1 is 0.824 bits per heavy atom. The van der Waals surface area contributed by atoms with Crippen molar-refractivity contribution in [2.75, 3.05) is 0 Å². The number of fused-ring (bicyclic) bond motifs is 4. The minimum absolute atomic E-state index is 0.474. The summed E-state index contributed by atoms with van der Waals surface area (Å²) in [5.74, 6) is 4.96. The third-order valence-electron chi connectivity index (χ3n) is 7.55. The Balaban J connectivity index is 1.60. The summed E-state index contributed by atoms with van der Waals surface area (Å²) in [7, 11) is 2.11. The van der Waals surface area contributed by atoms with Gasteiger partial charge in [0.2, 0.25) is 0 Å². The van der Waals surface area contributed by atoms with Gasteiger partial charge in [0.15, 0.2) is 0 Å². The molecule has 1 aliphatic heterocycles. The quantitative estimate of drug-likeness (QED) is 0.228. The molecule has 0 unspecified atom stereocenters. The molecule has 3 aromatic carbocycles. The molecular formula is C32H34GeN+. The maximum atomic E-state index is 8.93. The van der Waals surface area contributed by atoms with E-state index in [2.05, 4.69) is 84.8 Å². The van der Waals surface area contributed by atoms with Crippen molar-refractivity contribution in [2.24, 2.45) is 12.5 Å². The zero-order valence-electron chi connectivity index (χ0n) is 24.9.